The number of rotatable bonds is 10. The molecular formula is C29H34N4O3S. The molecule has 3 aromatic carbocycles. The number of nitrogens with two attached hydrogens (primary N) is 1. The lowest BCUT2D eigenvalue weighted by molar-refractivity contribution is -0.130. The van der Waals surface area contributed by atoms with Gasteiger partial charge in [0.15, 0.2) is 0 Å². The zero-order chi connectivity index (χ0) is 26.2. The van der Waals surface area contributed by atoms with E-state index in [0.717, 1.165) is 26.9 Å². The minimum Gasteiger partial charge on any atom is -0.354 e. The average Bonchev–Trinajstić information content (AvgIpc) is 3.06. The third-order valence-electron chi connectivity index (χ3n) is 6.50. The number of anilines is 1. The molecule has 0 aliphatic carbocycles. The zero-order valence-corrected chi connectivity index (χ0v) is 21.9. The lowest BCUT2D eigenvalue weighted by atomic mass is 10.00. The van der Waals surface area contributed by atoms with Crippen LogP contribution in [0, 0.1) is 5.92 Å². The van der Waals surface area contributed by atoms with Gasteiger partial charge in [-0.3, -0.25) is 14.4 Å². The van der Waals surface area contributed by atoms with Crippen molar-refractivity contribution in [3.63, 3.8) is 0 Å². The summed E-state index contributed by atoms with van der Waals surface area (Å²) in [5, 5.41) is 8.05. The molecule has 2 atom stereocenters. The van der Waals surface area contributed by atoms with Crippen molar-refractivity contribution < 1.29 is 14.4 Å². The number of nitrogens with zero attached hydrogens (tertiary/aromatic N) is 1. The van der Waals surface area contributed by atoms with Gasteiger partial charge in [-0.15, -0.1) is 11.8 Å². The molecule has 1 aliphatic heterocycles. The van der Waals surface area contributed by atoms with Gasteiger partial charge in [-0.05, 0) is 41.4 Å². The van der Waals surface area contributed by atoms with Gasteiger partial charge in [-0.1, -0.05) is 61.5 Å². The van der Waals surface area contributed by atoms with Gasteiger partial charge in [0.1, 0.15) is 6.04 Å². The lowest BCUT2D eigenvalue weighted by Crippen LogP contribution is -2.51. The summed E-state index contributed by atoms with van der Waals surface area (Å²) in [4.78, 5) is 42.0. The fraction of sp³-hybridized carbons (Fsp3) is 0.345. The first-order valence-electron chi connectivity index (χ1n) is 12.7. The maximum absolute atomic E-state index is 13.3. The van der Waals surface area contributed by atoms with Crippen molar-refractivity contribution in [2.75, 3.05) is 30.3 Å². The van der Waals surface area contributed by atoms with Crippen LogP contribution in [0.4, 0.5) is 5.69 Å². The van der Waals surface area contributed by atoms with E-state index in [-0.39, 0.29) is 24.3 Å². The molecule has 1 heterocycles. The number of fused-ring (bicyclic) bond motifs is 2. The molecule has 1 aliphatic rings. The Kier molecular flexibility index (Phi) is 9.19. The van der Waals surface area contributed by atoms with Crippen LogP contribution in [0.15, 0.2) is 71.6 Å². The van der Waals surface area contributed by atoms with Crippen molar-refractivity contribution in [1.82, 2.24) is 10.6 Å². The summed E-state index contributed by atoms with van der Waals surface area (Å²) in [6, 6.07) is 21.2. The van der Waals surface area contributed by atoms with E-state index in [1.807, 2.05) is 60.7 Å². The topological polar surface area (TPSA) is 105 Å². The molecule has 37 heavy (non-hydrogen) atoms. The Morgan fingerprint density at radius 1 is 1.03 bits per heavy atom. The molecule has 0 aromatic heterocycles. The molecule has 0 saturated carbocycles. The SMILES string of the molecule is CC(CN1C(=O)CCSc2ccccc21)C(=O)N[C@H](Cc1ccc2ccccc2c1)C(=O)NCCCN. The van der Waals surface area contributed by atoms with Crippen LogP contribution < -0.4 is 21.3 Å². The van der Waals surface area contributed by atoms with E-state index in [1.54, 1.807) is 23.6 Å². The van der Waals surface area contributed by atoms with E-state index in [2.05, 4.69) is 16.7 Å². The highest BCUT2D eigenvalue weighted by molar-refractivity contribution is 7.99. The van der Waals surface area contributed by atoms with E-state index in [1.165, 1.54) is 0 Å². The monoisotopic (exact) mass is 518 g/mol. The Morgan fingerprint density at radius 3 is 2.59 bits per heavy atom. The molecular weight excluding hydrogens is 484 g/mol. The zero-order valence-electron chi connectivity index (χ0n) is 21.1. The third-order valence-corrected chi connectivity index (χ3v) is 7.57. The second-order valence-electron chi connectivity index (χ2n) is 9.35. The first-order valence-corrected chi connectivity index (χ1v) is 13.7. The molecule has 4 rings (SSSR count). The number of carbonyl (C=O) groups is 3. The van der Waals surface area contributed by atoms with Crippen LogP contribution in [-0.4, -0.2) is 49.2 Å². The van der Waals surface area contributed by atoms with Crippen LogP contribution in [-0.2, 0) is 20.8 Å². The van der Waals surface area contributed by atoms with Crippen molar-refractivity contribution in [3.05, 3.63) is 72.3 Å². The van der Waals surface area contributed by atoms with E-state index in [9.17, 15) is 14.4 Å². The molecule has 0 fully saturated rings. The predicted octanol–water partition coefficient (Wildman–Crippen LogP) is 3.50. The highest BCUT2D eigenvalue weighted by Crippen LogP contribution is 2.34. The quantitative estimate of drug-likeness (QED) is 0.357. The van der Waals surface area contributed by atoms with Crippen molar-refractivity contribution in [2.45, 2.75) is 37.1 Å². The lowest BCUT2D eigenvalue weighted by Gasteiger charge is -2.27. The van der Waals surface area contributed by atoms with Crippen molar-refractivity contribution in [2.24, 2.45) is 11.7 Å². The summed E-state index contributed by atoms with van der Waals surface area (Å²) in [7, 11) is 0. The summed E-state index contributed by atoms with van der Waals surface area (Å²) in [6.45, 7) is 2.97. The molecule has 3 aromatic rings. The molecule has 7 nitrogen and oxygen atoms in total. The highest BCUT2D eigenvalue weighted by atomic mass is 32.2. The molecule has 0 saturated heterocycles. The van der Waals surface area contributed by atoms with Crippen LogP contribution in [0.1, 0.15) is 25.3 Å². The van der Waals surface area contributed by atoms with Crippen molar-refractivity contribution in [1.29, 1.82) is 0 Å². The van der Waals surface area contributed by atoms with Crippen molar-refractivity contribution >= 4 is 45.9 Å². The number of para-hydroxylation sites is 1. The molecule has 194 valence electrons. The molecule has 1 unspecified atom stereocenters. The van der Waals surface area contributed by atoms with Gasteiger partial charge in [0.25, 0.3) is 0 Å². The standard InChI is InChI=1S/C29H34N4O3S/c1-20(19-33-25-9-4-5-10-26(25)37-16-13-27(33)34)28(35)32-24(29(36)31-15-6-14-30)18-21-11-12-22-7-2-3-8-23(22)17-21/h2-5,7-12,17,20,24H,6,13-16,18-19,30H2,1H3,(H,31,36)(H,32,35)/t20?,24-/m1/s1. The molecule has 0 spiro atoms. The molecule has 8 heteroatoms. The number of thioether (sulfide) groups is 1. The second kappa shape index (κ2) is 12.7. The van der Waals surface area contributed by atoms with Gasteiger partial charge >= 0.3 is 0 Å². The van der Waals surface area contributed by atoms with Gasteiger partial charge in [-0.25, -0.2) is 0 Å². The van der Waals surface area contributed by atoms with Crippen LogP contribution in [0.25, 0.3) is 10.8 Å². The first kappa shape index (κ1) is 26.7. The van der Waals surface area contributed by atoms with Gasteiger partial charge < -0.3 is 21.3 Å². The Hall–Kier alpha value is -3.36. The summed E-state index contributed by atoms with van der Waals surface area (Å²) < 4.78 is 0. The Morgan fingerprint density at radius 2 is 1.78 bits per heavy atom. The van der Waals surface area contributed by atoms with E-state index >= 15 is 0 Å². The first-order chi connectivity index (χ1) is 18.0. The van der Waals surface area contributed by atoms with Gasteiger partial charge in [0.05, 0.1) is 11.6 Å². The van der Waals surface area contributed by atoms with Gasteiger partial charge in [-0.2, -0.15) is 0 Å². The predicted molar refractivity (Wildman–Crippen MR) is 150 cm³/mol. The molecule has 0 radical (unpaired) electrons. The number of carbonyl (C=O) groups excluding carboxylic acids is 3. The second-order valence-corrected chi connectivity index (χ2v) is 10.5. The maximum Gasteiger partial charge on any atom is 0.242 e. The van der Waals surface area contributed by atoms with Crippen molar-refractivity contribution in [3.8, 4) is 0 Å². The smallest absolute Gasteiger partial charge is 0.242 e. The Bertz CT molecular complexity index is 1260. The van der Waals surface area contributed by atoms with Gasteiger partial charge in [0, 0.05) is 36.6 Å². The normalized spacial score (nSPS) is 15.0. The largest absolute Gasteiger partial charge is 0.354 e. The number of nitrogens with one attached hydrogen (secondary N) is 2. The number of amides is 3. The number of hydrogen-bond donors (Lipinski definition) is 3. The van der Waals surface area contributed by atoms with Crippen LogP contribution in [0.2, 0.25) is 0 Å². The molecule has 3 amide bonds. The Labute approximate surface area is 222 Å². The summed E-state index contributed by atoms with van der Waals surface area (Å²) in [5.41, 5.74) is 7.37. The molecule has 4 N–H and O–H groups in total. The van der Waals surface area contributed by atoms with E-state index < -0.39 is 12.0 Å². The summed E-state index contributed by atoms with van der Waals surface area (Å²) >= 11 is 1.65. The van der Waals surface area contributed by atoms with E-state index in [0.29, 0.717) is 38.1 Å². The minimum atomic E-state index is -0.739. The maximum atomic E-state index is 13.3. The number of benzene rings is 3. The average molecular weight is 519 g/mol. The summed E-state index contributed by atoms with van der Waals surface area (Å²) in [6.07, 6.45) is 1.44. The van der Waals surface area contributed by atoms with E-state index in [4.69, 9.17) is 5.73 Å². The number of hydrogen-bond acceptors (Lipinski definition) is 5. The Balaban J connectivity index is 1.49. The van der Waals surface area contributed by atoms with Crippen LogP contribution >= 0.6 is 11.8 Å². The minimum absolute atomic E-state index is 0.00402. The fourth-order valence-corrected chi connectivity index (χ4v) is 5.44. The van der Waals surface area contributed by atoms with Crippen LogP contribution in [0.3, 0.4) is 0 Å². The van der Waals surface area contributed by atoms with Crippen LogP contribution in [0.5, 0.6) is 0 Å². The molecule has 0 bridgehead atoms. The third kappa shape index (κ3) is 6.90. The van der Waals surface area contributed by atoms with Gasteiger partial charge in [0.2, 0.25) is 17.7 Å². The fourth-order valence-electron chi connectivity index (χ4n) is 4.44. The highest BCUT2D eigenvalue weighted by Gasteiger charge is 2.29. The summed E-state index contributed by atoms with van der Waals surface area (Å²) in [5.74, 6) is -0.291.